The van der Waals surface area contributed by atoms with E-state index in [0.29, 0.717) is 0 Å². The van der Waals surface area contributed by atoms with Crippen molar-refractivity contribution in [2.75, 3.05) is 7.11 Å². The second kappa shape index (κ2) is 4.67. The van der Waals surface area contributed by atoms with Crippen LogP contribution in [0.5, 0.6) is 0 Å². The average molecular weight is 192 g/mol. The predicted molar refractivity (Wildman–Crippen MR) is 46.8 cm³/mol. The Morgan fingerprint density at radius 3 is 2.92 bits per heavy atom. The van der Waals surface area contributed by atoms with Crippen molar-refractivity contribution < 1.29 is 9.53 Å². The van der Waals surface area contributed by atoms with Gasteiger partial charge in [0.05, 0.1) is 13.0 Å². The first kappa shape index (κ1) is 9.81. The van der Waals surface area contributed by atoms with Crippen LogP contribution in [0, 0.1) is 5.92 Å². The Morgan fingerprint density at radius 2 is 2.33 bits per heavy atom. The molecule has 0 saturated heterocycles. The molecule has 0 spiro atoms. The van der Waals surface area contributed by atoms with Crippen molar-refractivity contribution in [2.24, 2.45) is 5.92 Å². The summed E-state index contributed by atoms with van der Waals surface area (Å²) in [6.45, 7) is 0. The lowest BCUT2D eigenvalue weighted by Crippen LogP contribution is -2.32. The number of ether oxygens (including phenoxy) is 1. The summed E-state index contributed by atoms with van der Waals surface area (Å²) in [5, 5.41) is 0. The Bertz CT molecular complexity index is 163. The van der Waals surface area contributed by atoms with Crippen LogP contribution in [0.2, 0.25) is 0 Å². The van der Waals surface area contributed by atoms with Crippen LogP contribution in [0.3, 0.4) is 0 Å². The highest BCUT2D eigenvalue weighted by atomic mass is 35.5. The third-order valence-electron chi connectivity index (χ3n) is 2.36. The van der Waals surface area contributed by atoms with E-state index in [2.05, 4.69) is 9.57 Å². The molecule has 12 heavy (non-hydrogen) atoms. The van der Waals surface area contributed by atoms with Gasteiger partial charge in [-0.1, -0.05) is 6.42 Å². The largest absolute Gasteiger partial charge is 0.469 e. The summed E-state index contributed by atoms with van der Waals surface area (Å²) in [6, 6.07) is 0.268. The molecule has 1 rings (SSSR count). The zero-order chi connectivity index (χ0) is 8.97. The van der Waals surface area contributed by atoms with E-state index in [1.807, 2.05) is 0 Å². The number of nitrogens with one attached hydrogen (secondary N) is 1. The summed E-state index contributed by atoms with van der Waals surface area (Å²) in [5.74, 6) is -0.0633. The minimum Gasteiger partial charge on any atom is -0.469 e. The molecule has 0 aromatic rings. The van der Waals surface area contributed by atoms with Gasteiger partial charge in [-0.2, -0.15) is 0 Å². The van der Waals surface area contributed by atoms with Crippen LogP contribution in [0.1, 0.15) is 25.7 Å². The lowest BCUT2D eigenvalue weighted by molar-refractivity contribution is -0.146. The number of methoxy groups -OCH3 is 1. The molecule has 0 bridgehead atoms. The van der Waals surface area contributed by atoms with Gasteiger partial charge in [0, 0.05) is 6.04 Å². The second-order valence-electron chi connectivity index (χ2n) is 3.19. The summed E-state index contributed by atoms with van der Waals surface area (Å²) < 4.78 is 4.67. The molecule has 0 amide bonds. The van der Waals surface area contributed by atoms with Crippen molar-refractivity contribution in [3.05, 3.63) is 0 Å². The lowest BCUT2D eigenvalue weighted by Gasteiger charge is -2.25. The van der Waals surface area contributed by atoms with Gasteiger partial charge in [0.15, 0.2) is 0 Å². The lowest BCUT2D eigenvalue weighted by atomic mass is 9.86. The molecule has 0 aromatic heterocycles. The summed E-state index contributed by atoms with van der Waals surface area (Å²) in [5.41, 5.74) is 0. The molecule has 1 aliphatic rings. The van der Waals surface area contributed by atoms with E-state index in [1.165, 1.54) is 7.11 Å². The van der Waals surface area contributed by atoms with Gasteiger partial charge in [0.25, 0.3) is 0 Å². The molecule has 2 atom stereocenters. The number of carbonyl (C=O) groups is 1. The van der Waals surface area contributed by atoms with Gasteiger partial charge in [-0.3, -0.25) is 4.79 Å². The third kappa shape index (κ3) is 2.35. The maximum Gasteiger partial charge on any atom is 0.308 e. The second-order valence-corrected chi connectivity index (χ2v) is 3.41. The minimum absolute atomic E-state index is 0.0417. The molecule has 70 valence electrons. The van der Waals surface area contributed by atoms with E-state index in [9.17, 15) is 4.79 Å². The van der Waals surface area contributed by atoms with E-state index in [-0.39, 0.29) is 17.9 Å². The van der Waals surface area contributed by atoms with Crippen LogP contribution in [0.15, 0.2) is 0 Å². The van der Waals surface area contributed by atoms with Gasteiger partial charge in [-0.05, 0) is 31.0 Å². The Morgan fingerprint density at radius 1 is 1.58 bits per heavy atom. The smallest absolute Gasteiger partial charge is 0.308 e. The Balaban J connectivity index is 2.40. The molecule has 0 aromatic carbocycles. The normalized spacial score (nSPS) is 29.8. The molecule has 0 aliphatic heterocycles. The summed E-state index contributed by atoms with van der Waals surface area (Å²) >= 11 is 5.49. The Kier molecular flexibility index (Phi) is 3.82. The molecule has 0 heterocycles. The van der Waals surface area contributed by atoms with Crippen LogP contribution in [-0.4, -0.2) is 19.1 Å². The van der Waals surface area contributed by atoms with Crippen LogP contribution in [0.25, 0.3) is 0 Å². The summed E-state index contributed by atoms with van der Waals surface area (Å²) in [6.07, 6.45) is 3.83. The monoisotopic (exact) mass is 191 g/mol. The number of hydrogen-bond donors (Lipinski definition) is 1. The third-order valence-corrected chi connectivity index (χ3v) is 2.67. The highest BCUT2D eigenvalue weighted by molar-refractivity contribution is 6.13. The molecule has 1 aliphatic carbocycles. The topological polar surface area (TPSA) is 38.3 Å². The van der Waals surface area contributed by atoms with E-state index >= 15 is 0 Å². The fourth-order valence-electron chi connectivity index (χ4n) is 1.67. The molecule has 0 radical (unpaired) electrons. The first-order valence-corrected chi connectivity index (χ1v) is 4.59. The first-order valence-electron chi connectivity index (χ1n) is 4.22. The van der Waals surface area contributed by atoms with Crippen molar-refractivity contribution in [2.45, 2.75) is 31.7 Å². The number of esters is 1. The molecular weight excluding hydrogens is 178 g/mol. The first-order chi connectivity index (χ1) is 5.77. The van der Waals surface area contributed by atoms with E-state index in [1.54, 1.807) is 0 Å². The Hall–Kier alpha value is -0.280. The maximum atomic E-state index is 11.1. The zero-order valence-corrected chi connectivity index (χ0v) is 7.93. The average Bonchev–Trinajstić information content (AvgIpc) is 2.17. The SMILES string of the molecule is COC(=O)C1CCCC(NCl)C1. The molecule has 2 unspecified atom stereocenters. The molecule has 1 saturated carbocycles. The number of carbonyl (C=O) groups excluding carboxylic acids is 1. The Labute approximate surface area is 77.5 Å². The number of halogens is 1. The van der Waals surface area contributed by atoms with Gasteiger partial charge in [0.1, 0.15) is 0 Å². The highest BCUT2D eigenvalue weighted by Crippen LogP contribution is 2.25. The number of rotatable bonds is 2. The van der Waals surface area contributed by atoms with Gasteiger partial charge < -0.3 is 4.74 Å². The van der Waals surface area contributed by atoms with Gasteiger partial charge in [0.2, 0.25) is 0 Å². The van der Waals surface area contributed by atoms with Crippen molar-refractivity contribution in [1.29, 1.82) is 0 Å². The zero-order valence-electron chi connectivity index (χ0n) is 7.18. The van der Waals surface area contributed by atoms with Crippen LogP contribution >= 0.6 is 11.8 Å². The van der Waals surface area contributed by atoms with Crippen LogP contribution in [0.4, 0.5) is 0 Å². The predicted octanol–water partition coefficient (Wildman–Crippen LogP) is 1.46. The molecular formula is C8H14ClNO2. The fraction of sp³-hybridized carbons (Fsp3) is 0.875. The molecule has 1 fully saturated rings. The van der Waals surface area contributed by atoms with Gasteiger partial charge in [-0.15, -0.1) is 0 Å². The van der Waals surface area contributed by atoms with Gasteiger partial charge >= 0.3 is 5.97 Å². The van der Waals surface area contributed by atoms with Crippen molar-refractivity contribution >= 4 is 17.7 Å². The molecule has 4 heteroatoms. The maximum absolute atomic E-state index is 11.1. The summed E-state index contributed by atoms with van der Waals surface area (Å²) in [7, 11) is 1.43. The molecule has 1 N–H and O–H groups in total. The quantitative estimate of drug-likeness (QED) is 0.531. The van der Waals surface area contributed by atoms with Crippen molar-refractivity contribution in [3.8, 4) is 0 Å². The highest BCUT2D eigenvalue weighted by Gasteiger charge is 2.27. The van der Waals surface area contributed by atoms with Crippen molar-refractivity contribution in [1.82, 2.24) is 4.84 Å². The minimum atomic E-state index is -0.105. The van der Waals surface area contributed by atoms with E-state index < -0.39 is 0 Å². The van der Waals surface area contributed by atoms with E-state index in [4.69, 9.17) is 11.8 Å². The van der Waals surface area contributed by atoms with Crippen molar-refractivity contribution in [3.63, 3.8) is 0 Å². The molecule has 3 nitrogen and oxygen atoms in total. The van der Waals surface area contributed by atoms with Crippen LogP contribution in [-0.2, 0) is 9.53 Å². The standard InChI is InChI=1S/C8H14ClNO2/c1-12-8(11)6-3-2-4-7(5-6)10-9/h6-7,10H,2-5H2,1H3. The van der Waals surface area contributed by atoms with Gasteiger partial charge in [-0.25, -0.2) is 4.84 Å². The fourth-order valence-corrected chi connectivity index (χ4v) is 1.87. The van der Waals surface area contributed by atoms with Crippen LogP contribution < -0.4 is 4.84 Å². The number of hydrogen-bond acceptors (Lipinski definition) is 3. The van der Waals surface area contributed by atoms with E-state index in [0.717, 1.165) is 25.7 Å². The summed E-state index contributed by atoms with van der Waals surface area (Å²) in [4.78, 5) is 13.8.